The molecule has 6 aromatic rings. The van der Waals surface area contributed by atoms with Crippen LogP contribution in [0.1, 0.15) is 25.1 Å². The van der Waals surface area contributed by atoms with Gasteiger partial charge in [0.2, 0.25) is 17.7 Å². The molecule has 0 spiro atoms. The number of ether oxygens (including phenoxy) is 5. The van der Waals surface area contributed by atoms with Crippen LogP contribution in [-0.2, 0) is 71.2 Å². The van der Waals surface area contributed by atoms with Crippen molar-refractivity contribution in [2.45, 2.75) is 67.8 Å². The average Bonchev–Trinajstić information content (AvgIpc) is 4.39. The predicted octanol–water partition coefficient (Wildman–Crippen LogP) is -3.73. The maximum Gasteiger partial charge on any atom is 0.490 e. The Morgan fingerprint density at radius 2 is 1.33 bits per heavy atom. The van der Waals surface area contributed by atoms with Crippen LogP contribution in [0.15, 0.2) is 34.9 Å². The lowest BCUT2D eigenvalue weighted by molar-refractivity contribution is -0.745. The number of fused-ring (bicyclic) bond motifs is 3. The molecule has 42 heteroatoms. The van der Waals surface area contributed by atoms with Crippen LogP contribution in [0.5, 0.6) is 0 Å². The fourth-order valence-corrected chi connectivity index (χ4v) is 14.3. The summed E-state index contributed by atoms with van der Waals surface area (Å²) >= 11 is 0. The second-order valence-corrected chi connectivity index (χ2v) is 24.3. The third-order valence-electron chi connectivity index (χ3n) is 12.8. The van der Waals surface area contributed by atoms with Crippen molar-refractivity contribution in [2.75, 3.05) is 64.0 Å². The predicted molar refractivity (Wildman–Crippen MR) is 254 cm³/mol. The zero-order chi connectivity index (χ0) is 56.4. The summed E-state index contributed by atoms with van der Waals surface area (Å²) in [6, 6.07) is 0. The highest BCUT2D eigenvalue weighted by Gasteiger charge is 2.52. The lowest BCUT2D eigenvalue weighted by atomic mass is 9.95. The molecule has 78 heavy (non-hydrogen) atoms. The van der Waals surface area contributed by atoms with Gasteiger partial charge in [0.25, 0.3) is 17.1 Å². The quantitative estimate of drug-likeness (QED) is 0.0230. The summed E-state index contributed by atoms with van der Waals surface area (Å²) < 4.78 is 111. The number of hydrogen-bond donors (Lipinski definition) is 11. The second-order valence-electron chi connectivity index (χ2n) is 17.8. The standard InChI is InChI=1S/C36H51N15O23P4/c1-48-13-51(29-21(48)31(56)47-36(39)45-29)32-22(52)14(4-5-65-2)16(70-32)6-68-76(59,60)73-78(63,64)74-77(61,62)69-7-17-15(25(66-3)34(71-17)49-11-42-19-26(37)40-10-41-27(19)49)9-75(57,58)67-8-18-23(53)24(54)33(72-18)50-12-43-20-28(50)44-35(38)46-30(20)55/h10-18,22-25,32-34,52-54H,4-9H2,1-3H3,(H11-,37,38,39,40,41,44,45,46,47,55,56,57,58,59,60,61,62,63,64)/t14-,15-,16-,17?,18-,22-,23-,24-,25-,32-,33-,34-/m1/s1. The molecule has 0 aliphatic carbocycles. The van der Waals surface area contributed by atoms with Gasteiger partial charge < -0.3 is 84.9 Å². The van der Waals surface area contributed by atoms with E-state index in [0.29, 0.717) is 0 Å². The van der Waals surface area contributed by atoms with Crippen molar-refractivity contribution < 1.29 is 104 Å². The minimum absolute atomic E-state index is 0.00249. The zero-order valence-corrected chi connectivity index (χ0v) is 44.2. The Kier molecular flexibility index (Phi) is 16.3. The molecule has 9 heterocycles. The lowest BCUT2D eigenvalue weighted by Crippen LogP contribution is -2.45. The maximum absolute atomic E-state index is 13.8. The van der Waals surface area contributed by atoms with E-state index in [9.17, 15) is 62.7 Å². The first-order chi connectivity index (χ1) is 36.7. The number of rotatable bonds is 22. The number of imidazole rings is 3. The average molecular weight is 1190 g/mol. The Balaban J connectivity index is 0.871. The van der Waals surface area contributed by atoms with Crippen molar-refractivity contribution >= 4 is 82.3 Å². The largest absolute Gasteiger partial charge is 0.778 e. The third-order valence-corrected chi connectivity index (χ3v) is 18.5. The van der Waals surface area contributed by atoms with Crippen molar-refractivity contribution in [3.05, 3.63) is 46.0 Å². The Labute approximate surface area is 435 Å². The molecular weight excluding hydrogens is 1130 g/mol. The Bertz CT molecular complexity index is 3530. The van der Waals surface area contributed by atoms with E-state index in [1.165, 1.54) is 40.5 Å². The number of nitrogens with two attached hydrogens (primary N) is 3. The number of aromatic nitrogens is 12. The molecule has 0 radical (unpaired) electrons. The number of nitrogens with one attached hydrogen (secondary N) is 2. The summed E-state index contributed by atoms with van der Waals surface area (Å²) in [6.07, 6.45) is -11.2. The van der Waals surface area contributed by atoms with E-state index in [0.717, 1.165) is 24.3 Å². The summed E-state index contributed by atoms with van der Waals surface area (Å²) in [5.74, 6) is -3.01. The van der Waals surface area contributed by atoms with Gasteiger partial charge in [0.05, 0.1) is 51.7 Å². The van der Waals surface area contributed by atoms with E-state index in [1.807, 2.05) is 0 Å². The molecule has 3 aliphatic heterocycles. The monoisotopic (exact) mass is 1190 g/mol. The van der Waals surface area contributed by atoms with Crippen LogP contribution in [0.3, 0.4) is 0 Å². The first-order valence-electron chi connectivity index (χ1n) is 22.8. The summed E-state index contributed by atoms with van der Waals surface area (Å²) in [5.41, 5.74) is 15.9. The fraction of sp³-hybridized carbons (Fsp3) is 0.583. The van der Waals surface area contributed by atoms with Crippen LogP contribution in [0.4, 0.5) is 17.7 Å². The molecule has 0 amide bonds. The number of phosphoric ester groups is 2. The summed E-state index contributed by atoms with van der Waals surface area (Å²) in [5, 5.41) is 33.2. The number of nitrogens with zero attached hydrogens (tertiary/aromatic N) is 10. The number of H-pyrrole nitrogens is 2. The number of aliphatic hydroxyl groups excluding tert-OH is 3. The zero-order valence-electron chi connectivity index (χ0n) is 40.6. The van der Waals surface area contributed by atoms with Gasteiger partial charge in [0.1, 0.15) is 50.0 Å². The number of hydrogen-bond acceptors (Lipinski definition) is 29. The smallest absolute Gasteiger partial charge is 0.490 e. The topological polar surface area (TPSA) is 545 Å². The molecule has 3 fully saturated rings. The fourth-order valence-electron chi connectivity index (χ4n) is 9.37. The van der Waals surface area contributed by atoms with Crippen LogP contribution < -0.4 is 37.8 Å². The Hall–Kier alpha value is -5.11. The van der Waals surface area contributed by atoms with E-state index in [4.69, 9.17) is 54.5 Å². The molecule has 3 saturated heterocycles. The highest BCUT2D eigenvalue weighted by atomic mass is 31.3. The molecule has 0 saturated carbocycles. The molecule has 14 N–H and O–H groups in total. The van der Waals surface area contributed by atoms with Crippen LogP contribution >= 0.6 is 31.1 Å². The van der Waals surface area contributed by atoms with Crippen molar-refractivity contribution in [1.29, 1.82) is 0 Å². The highest BCUT2D eigenvalue weighted by Crippen LogP contribution is 2.68. The van der Waals surface area contributed by atoms with Crippen LogP contribution in [0.25, 0.3) is 33.5 Å². The van der Waals surface area contributed by atoms with Gasteiger partial charge in [-0.1, -0.05) is 4.98 Å². The minimum Gasteiger partial charge on any atom is -0.778 e. The van der Waals surface area contributed by atoms with Gasteiger partial charge in [-0.15, -0.1) is 0 Å². The van der Waals surface area contributed by atoms with Crippen molar-refractivity contribution in [2.24, 2.45) is 18.9 Å². The highest BCUT2D eigenvalue weighted by molar-refractivity contribution is 7.66. The van der Waals surface area contributed by atoms with Crippen molar-refractivity contribution in [3.63, 3.8) is 0 Å². The van der Waals surface area contributed by atoms with Crippen LogP contribution in [0, 0.1) is 11.8 Å². The first kappa shape index (κ1) is 57.6. The first-order valence-corrected chi connectivity index (χ1v) is 29.0. The van der Waals surface area contributed by atoms with Gasteiger partial charge in [0.15, 0.2) is 41.4 Å². The number of aromatic amines is 2. The second kappa shape index (κ2) is 22.1. The number of methoxy groups -OCH3 is 2. The molecule has 3 aliphatic rings. The van der Waals surface area contributed by atoms with E-state index < -0.39 is 141 Å². The summed E-state index contributed by atoms with van der Waals surface area (Å²) in [7, 11) is -19.0. The van der Waals surface area contributed by atoms with Gasteiger partial charge in [0, 0.05) is 38.8 Å². The van der Waals surface area contributed by atoms with Gasteiger partial charge >= 0.3 is 29.1 Å². The normalized spacial score (nSPS) is 29.8. The molecule has 38 nitrogen and oxygen atoms in total. The molecule has 6 aromatic heterocycles. The maximum atomic E-state index is 13.8. The number of phosphoric acid groups is 3. The van der Waals surface area contributed by atoms with Gasteiger partial charge in [-0.05, 0) is 6.42 Å². The number of aliphatic hydroxyl groups is 3. The molecule has 0 aromatic carbocycles. The SMILES string of the molecule is COCC[C@H]1[C@@H](O)[C@H]([n+]2cn(C)c3c(=O)[nH]c(N)nc32)O[C@@H]1COP(=O)(O)OP(=O)(O)OP(=O)(O)OCC1O[C@@H](n2cnc3c(N)ncnc32)[C@H](OC)[C@@H]1CP(=O)([O-])OC[C@H]1O[C@@H](n2cnc3c(=O)[nH]c(N)nc32)[C@H](O)[C@@H]1O. The molecule has 0 bridgehead atoms. The minimum atomic E-state index is -6.16. The van der Waals surface area contributed by atoms with E-state index in [1.54, 1.807) is 0 Å². The lowest BCUT2D eigenvalue weighted by Gasteiger charge is -2.31. The number of nitrogen functional groups attached to an aromatic ring is 3. The van der Waals surface area contributed by atoms with Crippen molar-refractivity contribution in [3.8, 4) is 0 Å². The van der Waals surface area contributed by atoms with Crippen LogP contribution in [0.2, 0.25) is 0 Å². The van der Waals surface area contributed by atoms with Crippen molar-refractivity contribution in [1.82, 2.24) is 53.6 Å². The Morgan fingerprint density at radius 3 is 2.00 bits per heavy atom. The number of aryl methyl sites for hydroxylation is 1. The van der Waals surface area contributed by atoms with Gasteiger partial charge in [-0.2, -0.15) is 13.6 Å². The van der Waals surface area contributed by atoms with E-state index >= 15 is 0 Å². The molecule has 428 valence electrons. The summed E-state index contributed by atoms with van der Waals surface area (Å²) in [4.78, 5) is 99.5. The Morgan fingerprint density at radius 1 is 0.731 bits per heavy atom. The van der Waals surface area contributed by atoms with E-state index in [2.05, 4.69) is 48.5 Å². The molecule has 9 rings (SSSR count). The van der Waals surface area contributed by atoms with Gasteiger partial charge in [-0.3, -0.25) is 42.3 Å². The van der Waals surface area contributed by atoms with E-state index in [-0.39, 0.29) is 64.2 Å². The van der Waals surface area contributed by atoms with Gasteiger partial charge in [-0.25, -0.2) is 38.2 Å². The molecule has 16 atom stereocenters. The molecule has 5 unspecified atom stereocenters. The summed E-state index contributed by atoms with van der Waals surface area (Å²) in [6.45, 7) is -2.96. The number of anilines is 3. The third kappa shape index (κ3) is 11.7. The van der Waals surface area contributed by atoms with Crippen LogP contribution in [-0.4, -0.2) is 173 Å². The molecular formula is C36H51N15O23P4.